The Morgan fingerprint density at radius 2 is 1.81 bits per heavy atom. The zero-order valence-electron chi connectivity index (χ0n) is 17.0. The SMILES string of the molecule is O=C(CCNC(=O)C1CCCN(S(=O)(=O)c2ccc(F)cc2)C1)NCc1ccncc1. The van der Waals surface area contributed by atoms with Gasteiger partial charge >= 0.3 is 0 Å². The minimum Gasteiger partial charge on any atom is -0.355 e. The Balaban J connectivity index is 1.46. The minimum absolute atomic E-state index is 0.000765. The van der Waals surface area contributed by atoms with E-state index < -0.39 is 21.8 Å². The van der Waals surface area contributed by atoms with Crippen LogP contribution in [0.25, 0.3) is 0 Å². The first-order chi connectivity index (χ1) is 14.9. The molecule has 0 radical (unpaired) electrons. The topological polar surface area (TPSA) is 108 Å². The fourth-order valence-corrected chi connectivity index (χ4v) is 4.89. The molecule has 166 valence electrons. The number of hydrogen-bond donors (Lipinski definition) is 2. The van der Waals surface area contributed by atoms with Crippen molar-refractivity contribution in [2.45, 2.75) is 30.7 Å². The van der Waals surface area contributed by atoms with Gasteiger partial charge in [0.25, 0.3) is 0 Å². The number of rotatable bonds is 8. The van der Waals surface area contributed by atoms with Crippen LogP contribution < -0.4 is 10.6 Å². The van der Waals surface area contributed by atoms with E-state index in [1.165, 1.54) is 16.4 Å². The van der Waals surface area contributed by atoms with Crippen LogP contribution in [0.3, 0.4) is 0 Å². The van der Waals surface area contributed by atoms with Crippen molar-refractivity contribution in [1.82, 2.24) is 19.9 Å². The Morgan fingerprint density at radius 3 is 2.52 bits per heavy atom. The molecule has 2 N–H and O–H groups in total. The number of piperidine rings is 1. The van der Waals surface area contributed by atoms with Crippen molar-refractivity contribution in [2.24, 2.45) is 5.92 Å². The zero-order valence-corrected chi connectivity index (χ0v) is 17.8. The molecule has 2 heterocycles. The van der Waals surface area contributed by atoms with E-state index in [9.17, 15) is 22.4 Å². The number of sulfonamides is 1. The van der Waals surface area contributed by atoms with Gasteiger partial charge in [-0.1, -0.05) is 0 Å². The molecule has 0 bridgehead atoms. The first kappa shape index (κ1) is 22.8. The van der Waals surface area contributed by atoms with Crippen LogP contribution in [0, 0.1) is 11.7 Å². The van der Waals surface area contributed by atoms with Crippen LogP contribution in [-0.2, 0) is 26.2 Å². The molecule has 3 rings (SSSR count). The van der Waals surface area contributed by atoms with Gasteiger partial charge in [-0.15, -0.1) is 0 Å². The standard InChI is InChI=1S/C21H25FN4O4S/c22-18-3-5-19(6-4-18)31(29,30)26-13-1-2-17(15-26)21(28)24-12-9-20(27)25-14-16-7-10-23-11-8-16/h3-8,10-11,17H,1-2,9,12-15H2,(H,24,28)(H,25,27). The number of nitrogens with one attached hydrogen (secondary N) is 2. The first-order valence-corrected chi connectivity index (χ1v) is 11.5. The normalized spacial score (nSPS) is 17.1. The number of pyridine rings is 1. The zero-order chi connectivity index (χ0) is 22.3. The number of hydrogen-bond acceptors (Lipinski definition) is 5. The van der Waals surface area contributed by atoms with E-state index in [1.807, 2.05) is 0 Å². The highest BCUT2D eigenvalue weighted by Crippen LogP contribution is 2.24. The first-order valence-electron chi connectivity index (χ1n) is 10.1. The lowest BCUT2D eigenvalue weighted by Crippen LogP contribution is -2.45. The van der Waals surface area contributed by atoms with Crippen LogP contribution >= 0.6 is 0 Å². The number of aromatic nitrogens is 1. The summed E-state index contributed by atoms with van der Waals surface area (Å²) in [5, 5.41) is 5.49. The van der Waals surface area contributed by atoms with Gasteiger partial charge in [0.1, 0.15) is 5.82 Å². The van der Waals surface area contributed by atoms with E-state index in [0.29, 0.717) is 25.9 Å². The molecule has 10 heteroatoms. The molecule has 2 aromatic rings. The predicted octanol–water partition coefficient (Wildman–Crippen LogP) is 1.44. The molecular weight excluding hydrogens is 423 g/mol. The maximum Gasteiger partial charge on any atom is 0.243 e. The van der Waals surface area contributed by atoms with Gasteiger partial charge < -0.3 is 10.6 Å². The van der Waals surface area contributed by atoms with Crippen LogP contribution in [0.15, 0.2) is 53.7 Å². The van der Waals surface area contributed by atoms with Crippen molar-refractivity contribution in [3.8, 4) is 0 Å². The molecule has 1 fully saturated rings. The third-order valence-electron chi connectivity index (χ3n) is 5.10. The van der Waals surface area contributed by atoms with Crippen molar-refractivity contribution in [3.05, 3.63) is 60.2 Å². The highest BCUT2D eigenvalue weighted by molar-refractivity contribution is 7.89. The molecule has 1 unspecified atom stereocenters. The molecule has 1 aromatic heterocycles. The number of amides is 2. The van der Waals surface area contributed by atoms with E-state index in [-0.39, 0.29) is 36.2 Å². The molecule has 0 saturated carbocycles. The summed E-state index contributed by atoms with van der Waals surface area (Å²) in [7, 11) is -3.79. The molecule has 0 spiro atoms. The van der Waals surface area contributed by atoms with E-state index >= 15 is 0 Å². The van der Waals surface area contributed by atoms with Gasteiger partial charge in [-0.2, -0.15) is 4.31 Å². The van der Waals surface area contributed by atoms with Crippen molar-refractivity contribution in [3.63, 3.8) is 0 Å². The maximum absolute atomic E-state index is 13.1. The quantitative estimate of drug-likeness (QED) is 0.635. The largest absolute Gasteiger partial charge is 0.355 e. The molecule has 8 nitrogen and oxygen atoms in total. The number of carbonyl (C=O) groups excluding carboxylic acids is 2. The third kappa shape index (κ3) is 6.31. The second-order valence-corrected chi connectivity index (χ2v) is 9.27. The van der Waals surface area contributed by atoms with Gasteiger partial charge in [0, 0.05) is 45.0 Å². The summed E-state index contributed by atoms with van der Waals surface area (Å²) in [5.74, 6) is -1.48. The summed E-state index contributed by atoms with van der Waals surface area (Å²) in [6.07, 6.45) is 4.53. The molecule has 31 heavy (non-hydrogen) atoms. The Kier molecular flexibility index (Phi) is 7.69. The van der Waals surface area contributed by atoms with E-state index in [0.717, 1.165) is 17.7 Å². The number of carbonyl (C=O) groups is 2. The molecule has 2 amide bonds. The molecule has 1 saturated heterocycles. The Labute approximate surface area is 180 Å². The van der Waals surface area contributed by atoms with Crippen molar-refractivity contribution >= 4 is 21.8 Å². The summed E-state index contributed by atoms with van der Waals surface area (Å²) in [4.78, 5) is 28.3. The van der Waals surface area contributed by atoms with E-state index in [4.69, 9.17) is 0 Å². The fourth-order valence-electron chi connectivity index (χ4n) is 3.36. The Hall–Kier alpha value is -2.85. The van der Waals surface area contributed by atoms with Crippen LogP contribution in [0.1, 0.15) is 24.8 Å². The second-order valence-electron chi connectivity index (χ2n) is 7.33. The van der Waals surface area contributed by atoms with Crippen molar-refractivity contribution in [2.75, 3.05) is 19.6 Å². The smallest absolute Gasteiger partial charge is 0.243 e. The highest BCUT2D eigenvalue weighted by atomic mass is 32.2. The summed E-state index contributed by atoms with van der Waals surface area (Å²) >= 11 is 0. The fraction of sp³-hybridized carbons (Fsp3) is 0.381. The number of halogens is 1. The van der Waals surface area contributed by atoms with Gasteiger partial charge in [0.2, 0.25) is 21.8 Å². The summed E-state index contributed by atoms with van der Waals surface area (Å²) in [6, 6.07) is 8.24. The van der Waals surface area contributed by atoms with Gasteiger partial charge in [-0.05, 0) is 54.8 Å². The average Bonchev–Trinajstić information content (AvgIpc) is 2.78. The van der Waals surface area contributed by atoms with Gasteiger partial charge in [-0.25, -0.2) is 12.8 Å². The van der Waals surface area contributed by atoms with Crippen molar-refractivity contribution < 1.29 is 22.4 Å². The van der Waals surface area contributed by atoms with E-state index in [2.05, 4.69) is 15.6 Å². The lowest BCUT2D eigenvalue weighted by molar-refractivity contribution is -0.126. The van der Waals surface area contributed by atoms with Crippen LogP contribution in [0.2, 0.25) is 0 Å². The molecule has 1 aliphatic heterocycles. The Bertz CT molecular complexity index is 1000. The Morgan fingerprint density at radius 1 is 1.10 bits per heavy atom. The highest BCUT2D eigenvalue weighted by Gasteiger charge is 2.33. The number of benzene rings is 1. The van der Waals surface area contributed by atoms with Gasteiger partial charge in [-0.3, -0.25) is 14.6 Å². The average molecular weight is 449 g/mol. The van der Waals surface area contributed by atoms with E-state index in [1.54, 1.807) is 24.5 Å². The van der Waals surface area contributed by atoms with Gasteiger partial charge in [0.15, 0.2) is 0 Å². The molecule has 1 atom stereocenters. The van der Waals surface area contributed by atoms with Crippen LogP contribution in [0.5, 0.6) is 0 Å². The molecule has 1 aromatic carbocycles. The minimum atomic E-state index is -3.79. The second kappa shape index (κ2) is 10.5. The molecule has 1 aliphatic rings. The summed E-state index contributed by atoms with van der Waals surface area (Å²) in [5.41, 5.74) is 0.928. The molecule has 0 aliphatic carbocycles. The lowest BCUT2D eigenvalue weighted by Gasteiger charge is -2.31. The monoisotopic (exact) mass is 448 g/mol. The predicted molar refractivity (Wildman–Crippen MR) is 112 cm³/mol. The lowest BCUT2D eigenvalue weighted by atomic mass is 9.99. The van der Waals surface area contributed by atoms with Crippen LogP contribution in [-0.4, -0.2) is 49.2 Å². The number of nitrogens with zero attached hydrogens (tertiary/aromatic N) is 2. The van der Waals surface area contributed by atoms with Gasteiger partial charge in [0.05, 0.1) is 10.8 Å². The summed E-state index contributed by atoms with van der Waals surface area (Å²) in [6.45, 7) is 0.914. The van der Waals surface area contributed by atoms with Crippen LogP contribution in [0.4, 0.5) is 4.39 Å². The third-order valence-corrected chi connectivity index (χ3v) is 6.98. The summed E-state index contributed by atoms with van der Waals surface area (Å²) < 4.78 is 39.9. The maximum atomic E-state index is 13.1. The molecular formula is C21H25FN4O4S. The van der Waals surface area contributed by atoms with Crippen molar-refractivity contribution in [1.29, 1.82) is 0 Å².